The molecule has 1 aliphatic heterocycles. The van der Waals surface area contributed by atoms with E-state index in [0.717, 1.165) is 16.7 Å². The van der Waals surface area contributed by atoms with E-state index < -0.39 is 24.4 Å². The molecule has 0 aromatic heterocycles. The van der Waals surface area contributed by atoms with Crippen molar-refractivity contribution in [2.75, 3.05) is 13.7 Å². The summed E-state index contributed by atoms with van der Waals surface area (Å²) in [6.07, 6.45) is 1.47. The number of methoxy groups -OCH3 is 1. The molecule has 1 saturated heterocycles. The molecule has 0 aliphatic carbocycles. The maximum absolute atomic E-state index is 12.4. The van der Waals surface area contributed by atoms with E-state index in [0.29, 0.717) is 5.47 Å². The molecule has 2 aromatic carbocycles. The molecule has 1 amide bonds. The molecule has 0 atom stereocenters. The number of hydrogen-bond acceptors (Lipinski definition) is 6. The maximum Gasteiger partial charge on any atom is 0.492 e. The maximum atomic E-state index is 12.4. The van der Waals surface area contributed by atoms with Gasteiger partial charge in [-0.3, -0.25) is 4.79 Å². The summed E-state index contributed by atoms with van der Waals surface area (Å²) in [6, 6.07) is 17.0. The highest BCUT2D eigenvalue weighted by molar-refractivity contribution is 6.56. The molecule has 180 valence electrons. The van der Waals surface area contributed by atoms with E-state index in [9.17, 15) is 9.59 Å². The van der Waals surface area contributed by atoms with Crippen LogP contribution in [-0.4, -0.2) is 44.0 Å². The molecule has 1 N–H and O–H groups in total. The molecule has 1 heterocycles. The number of nitrogens with one attached hydrogen (secondary N) is 1. The van der Waals surface area contributed by atoms with Crippen LogP contribution in [0.5, 0.6) is 0 Å². The van der Waals surface area contributed by atoms with Crippen molar-refractivity contribution in [1.82, 2.24) is 5.32 Å². The molecule has 7 nitrogen and oxygen atoms in total. The van der Waals surface area contributed by atoms with Gasteiger partial charge in [-0.1, -0.05) is 60.7 Å². The van der Waals surface area contributed by atoms with Gasteiger partial charge in [0.05, 0.1) is 24.7 Å². The number of rotatable bonds is 8. The van der Waals surface area contributed by atoms with Crippen LogP contribution in [0.25, 0.3) is 6.08 Å². The molecular weight excluding hydrogens is 433 g/mol. The Bertz CT molecular complexity index is 1020. The zero-order valence-electron chi connectivity index (χ0n) is 20.4. The van der Waals surface area contributed by atoms with Gasteiger partial charge in [-0.2, -0.15) is 0 Å². The molecule has 0 spiro atoms. The quantitative estimate of drug-likeness (QED) is 0.461. The van der Waals surface area contributed by atoms with E-state index in [-0.39, 0.29) is 25.5 Å². The van der Waals surface area contributed by atoms with Crippen molar-refractivity contribution in [3.05, 3.63) is 76.8 Å². The van der Waals surface area contributed by atoms with Crippen molar-refractivity contribution < 1.29 is 28.4 Å². The molecule has 1 fully saturated rings. The summed E-state index contributed by atoms with van der Waals surface area (Å²) >= 11 is 0. The Balaban J connectivity index is 1.80. The van der Waals surface area contributed by atoms with E-state index in [2.05, 4.69) is 5.32 Å². The zero-order chi connectivity index (χ0) is 24.8. The first-order valence-corrected chi connectivity index (χ1v) is 11.3. The summed E-state index contributed by atoms with van der Waals surface area (Å²) in [5.41, 5.74) is 2.13. The Morgan fingerprint density at radius 1 is 0.971 bits per heavy atom. The van der Waals surface area contributed by atoms with Crippen molar-refractivity contribution in [2.45, 2.75) is 51.9 Å². The van der Waals surface area contributed by atoms with Crippen molar-refractivity contribution in [3.8, 4) is 0 Å². The molecule has 34 heavy (non-hydrogen) atoms. The van der Waals surface area contributed by atoms with Crippen molar-refractivity contribution in [2.24, 2.45) is 0 Å². The summed E-state index contributed by atoms with van der Waals surface area (Å²) in [5.74, 6) is -0.333. The lowest BCUT2D eigenvalue weighted by Crippen LogP contribution is -2.41. The predicted molar refractivity (Wildman–Crippen MR) is 131 cm³/mol. The number of ether oxygens (including phenoxy) is 2. The van der Waals surface area contributed by atoms with E-state index >= 15 is 0 Å². The number of hydrogen-bond donors (Lipinski definition) is 1. The summed E-state index contributed by atoms with van der Waals surface area (Å²) < 4.78 is 22.6. The molecule has 0 bridgehead atoms. The molecule has 3 rings (SSSR count). The average molecular weight is 465 g/mol. The van der Waals surface area contributed by atoms with Crippen LogP contribution in [0.15, 0.2) is 60.1 Å². The van der Waals surface area contributed by atoms with Gasteiger partial charge < -0.3 is 24.1 Å². The first-order chi connectivity index (χ1) is 16.1. The van der Waals surface area contributed by atoms with Gasteiger partial charge in [-0.15, -0.1) is 0 Å². The highest BCUT2D eigenvalue weighted by atomic mass is 16.7. The number of esters is 1. The second-order valence-electron chi connectivity index (χ2n) is 9.17. The lowest BCUT2D eigenvalue weighted by atomic mass is 9.76. The van der Waals surface area contributed by atoms with Gasteiger partial charge in [0.15, 0.2) is 0 Å². The minimum Gasteiger partial charge on any atom is -0.469 e. The average Bonchev–Trinajstić information content (AvgIpc) is 3.03. The molecule has 1 aliphatic rings. The first-order valence-electron chi connectivity index (χ1n) is 11.3. The van der Waals surface area contributed by atoms with Crippen LogP contribution >= 0.6 is 0 Å². The van der Waals surface area contributed by atoms with E-state index in [4.69, 9.17) is 18.8 Å². The molecule has 0 unspecified atom stereocenters. The second-order valence-corrected chi connectivity index (χ2v) is 9.17. The number of carbonyl (C=O) groups is 2. The molecule has 8 heteroatoms. The summed E-state index contributed by atoms with van der Waals surface area (Å²) in [6.45, 7) is 8.20. The van der Waals surface area contributed by atoms with Gasteiger partial charge in [-0.25, -0.2) is 4.79 Å². The largest absolute Gasteiger partial charge is 0.492 e. The third-order valence-electron chi connectivity index (χ3n) is 6.16. The van der Waals surface area contributed by atoms with Crippen molar-refractivity contribution in [3.63, 3.8) is 0 Å². The summed E-state index contributed by atoms with van der Waals surface area (Å²) in [5, 5.41) is 2.80. The standard InChI is InChI=1S/C26H32BNO6/c1-25(2)26(3,4)34-27(33-25)22(15-20-13-9-10-14-21(20)16-23(29)31-5)17-28-24(30)32-18-19-11-7-6-8-12-19/h6-15H,16-18H2,1-5H3,(H,28,30). The van der Waals surface area contributed by atoms with Gasteiger partial charge in [0.2, 0.25) is 0 Å². The SMILES string of the molecule is COC(=O)Cc1ccccc1C=C(CNC(=O)OCc1ccccc1)B1OC(C)(C)C(C)(C)O1. The minimum atomic E-state index is -0.675. The molecule has 2 aromatic rings. The fraction of sp³-hybridized carbons (Fsp3) is 0.385. The van der Waals surface area contributed by atoms with Crippen LogP contribution in [0, 0.1) is 0 Å². The van der Waals surface area contributed by atoms with Crippen LogP contribution in [-0.2, 0) is 36.6 Å². The van der Waals surface area contributed by atoms with Gasteiger partial charge in [0, 0.05) is 6.54 Å². The highest BCUT2D eigenvalue weighted by Crippen LogP contribution is 2.38. The molecular formula is C26H32BNO6. The Kier molecular flexibility index (Phi) is 8.17. The minimum absolute atomic E-state index is 0.131. The van der Waals surface area contributed by atoms with E-state index in [1.54, 1.807) is 0 Å². The normalized spacial score (nSPS) is 16.7. The number of carbonyl (C=O) groups excluding carboxylic acids is 2. The highest BCUT2D eigenvalue weighted by Gasteiger charge is 2.52. The topological polar surface area (TPSA) is 83.1 Å². The van der Waals surface area contributed by atoms with E-state index in [1.807, 2.05) is 88.4 Å². The van der Waals surface area contributed by atoms with Gasteiger partial charge in [0.25, 0.3) is 0 Å². The number of alkyl carbamates (subject to hydrolysis) is 1. The Morgan fingerprint density at radius 3 is 2.24 bits per heavy atom. The third kappa shape index (κ3) is 6.49. The predicted octanol–water partition coefficient (Wildman–Crippen LogP) is 4.34. The van der Waals surface area contributed by atoms with Crippen molar-refractivity contribution >= 4 is 25.3 Å². The smallest absolute Gasteiger partial charge is 0.469 e. The van der Waals surface area contributed by atoms with Crippen LogP contribution < -0.4 is 5.32 Å². The summed E-state index contributed by atoms with van der Waals surface area (Å²) in [4.78, 5) is 24.3. The van der Waals surface area contributed by atoms with Crippen LogP contribution in [0.3, 0.4) is 0 Å². The fourth-order valence-electron chi connectivity index (χ4n) is 3.41. The van der Waals surface area contributed by atoms with Gasteiger partial charge >= 0.3 is 19.2 Å². The van der Waals surface area contributed by atoms with Gasteiger partial charge in [-0.05, 0) is 49.9 Å². The Hall–Kier alpha value is -3.10. The third-order valence-corrected chi connectivity index (χ3v) is 6.16. The van der Waals surface area contributed by atoms with Gasteiger partial charge in [0.1, 0.15) is 6.61 Å². The van der Waals surface area contributed by atoms with Crippen molar-refractivity contribution in [1.29, 1.82) is 0 Å². The number of amides is 1. The van der Waals surface area contributed by atoms with Crippen LogP contribution in [0.4, 0.5) is 4.79 Å². The van der Waals surface area contributed by atoms with E-state index in [1.165, 1.54) is 7.11 Å². The lowest BCUT2D eigenvalue weighted by Gasteiger charge is -2.32. The van der Waals surface area contributed by atoms with Crippen LogP contribution in [0.1, 0.15) is 44.4 Å². The molecule has 0 saturated carbocycles. The zero-order valence-corrected chi connectivity index (χ0v) is 20.4. The Labute approximate surface area is 201 Å². The second kappa shape index (κ2) is 10.9. The number of benzene rings is 2. The monoisotopic (exact) mass is 465 g/mol. The fourth-order valence-corrected chi connectivity index (χ4v) is 3.41. The molecule has 0 radical (unpaired) electrons. The Morgan fingerprint density at radius 2 is 1.59 bits per heavy atom. The lowest BCUT2D eigenvalue weighted by molar-refractivity contribution is -0.139. The first kappa shape index (κ1) is 25.5. The van der Waals surface area contributed by atoms with Crippen LogP contribution in [0.2, 0.25) is 0 Å². The summed E-state index contributed by atoms with van der Waals surface area (Å²) in [7, 11) is 0.687.